The Labute approximate surface area is 241 Å². The van der Waals surface area contributed by atoms with Crippen LogP contribution in [0.2, 0.25) is 0 Å². The molecule has 0 atom stereocenters. The summed E-state index contributed by atoms with van der Waals surface area (Å²) in [6, 6.07) is 9.25. The number of fused-ring (bicyclic) bond motifs is 2. The van der Waals surface area contributed by atoms with E-state index in [9.17, 15) is 8.78 Å². The maximum Gasteiger partial charge on any atom is 0.280 e. The van der Waals surface area contributed by atoms with Gasteiger partial charge in [0, 0.05) is 48.9 Å². The van der Waals surface area contributed by atoms with Crippen molar-refractivity contribution in [3.8, 4) is 11.7 Å². The van der Waals surface area contributed by atoms with Gasteiger partial charge in [0.25, 0.3) is 6.43 Å². The molecule has 0 aliphatic heterocycles. The summed E-state index contributed by atoms with van der Waals surface area (Å²) in [5.74, 6) is 1.24. The zero-order valence-electron chi connectivity index (χ0n) is 24.2. The lowest BCUT2D eigenvalue weighted by Crippen LogP contribution is -2.06. The molecule has 0 radical (unpaired) electrons. The van der Waals surface area contributed by atoms with Crippen LogP contribution in [-0.4, -0.2) is 46.6 Å². The SMILES string of the molecule is C/C=C/C(=N\C(=C(/C)C1CC1)c1cccc2nn(-c3cc(C(F)F)n(C)n3)cc12)c1cc2cn(C)nc2nc1OCC. The third kappa shape index (κ3) is 5.10. The van der Waals surface area contributed by atoms with Crippen molar-refractivity contribution >= 4 is 33.3 Å². The zero-order valence-corrected chi connectivity index (χ0v) is 24.2. The monoisotopic (exact) mass is 570 g/mol. The smallest absolute Gasteiger partial charge is 0.280 e. The van der Waals surface area contributed by atoms with Gasteiger partial charge in [-0.1, -0.05) is 18.2 Å². The molecule has 42 heavy (non-hydrogen) atoms. The van der Waals surface area contributed by atoms with E-state index in [0.29, 0.717) is 41.1 Å². The van der Waals surface area contributed by atoms with E-state index in [4.69, 9.17) is 14.7 Å². The van der Waals surface area contributed by atoms with Crippen LogP contribution in [0.25, 0.3) is 33.5 Å². The lowest BCUT2D eigenvalue weighted by molar-refractivity contribution is 0.141. The fourth-order valence-corrected chi connectivity index (χ4v) is 5.17. The molecule has 0 amide bonds. The van der Waals surface area contributed by atoms with E-state index < -0.39 is 6.43 Å². The number of aryl methyl sites for hydroxylation is 2. The second kappa shape index (κ2) is 11.0. The van der Waals surface area contributed by atoms with Gasteiger partial charge in [-0.25, -0.2) is 18.5 Å². The highest BCUT2D eigenvalue weighted by molar-refractivity contribution is 6.14. The normalized spacial score (nSPS) is 15.0. The van der Waals surface area contributed by atoms with Gasteiger partial charge in [0.05, 0.1) is 29.1 Å². The van der Waals surface area contributed by atoms with Crippen LogP contribution in [0.3, 0.4) is 0 Å². The number of aliphatic imine (C=N–C) groups is 1. The van der Waals surface area contributed by atoms with Gasteiger partial charge < -0.3 is 4.74 Å². The summed E-state index contributed by atoms with van der Waals surface area (Å²) in [6.45, 7) is 6.46. The minimum atomic E-state index is -2.63. The topological polar surface area (TPSA) is 87.9 Å². The number of alkyl halides is 2. The lowest BCUT2D eigenvalue weighted by atomic mass is 10.0. The Morgan fingerprint density at radius 2 is 1.93 bits per heavy atom. The number of benzene rings is 1. The van der Waals surface area contributed by atoms with Gasteiger partial charge in [-0.2, -0.15) is 20.3 Å². The van der Waals surface area contributed by atoms with E-state index in [0.717, 1.165) is 40.4 Å². The predicted molar refractivity (Wildman–Crippen MR) is 159 cm³/mol. The van der Waals surface area contributed by atoms with E-state index in [1.807, 2.05) is 69.7 Å². The van der Waals surface area contributed by atoms with E-state index in [1.165, 1.54) is 23.4 Å². The van der Waals surface area contributed by atoms with Crippen LogP contribution >= 0.6 is 0 Å². The van der Waals surface area contributed by atoms with Gasteiger partial charge in [-0.05, 0) is 63.3 Å². The van der Waals surface area contributed by atoms with Crippen molar-refractivity contribution in [3.05, 3.63) is 77.3 Å². The molecule has 0 unspecified atom stereocenters. The fraction of sp³-hybridized carbons (Fsp3) is 0.323. The average Bonchev–Trinajstić information content (AvgIpc) is 3.42. The highest BCUT2D eigenvalue weighted by atomic mass is 19.3. The van der Waals surface area contributed by atoms with E-state index in [1.54, 1.807) is 9.36 Å². The van der Waals surface area contributed by atoms with Crippen molar-refractivity contribution in [2.45, 2.75) is 40.0 Å². The summed E-state index contributed by atoms with van der Waals surface area (Å²) in [4.78, 5) is 10.0. The van der Waals surface area contributed by atoms with Gasteiger partial charge in [-0.15, -0.1) is 0 Å². The Hall–Kier alpha value is -4.67. The maximum absolute atomic E-state index is 13.5. The summed E-state index contributed by atoms with van der Waals surface area (Å²) in [7, 11) is 3.37. The number of hydrogen-bond donors (Lipinski definition) is 0. The van der Waals surface area contributed by atoms with Crippen LogP contribution in [0.5, 0.6) is 5.88 Å². The van der Waals surface area contributed by atoms with Crippen molar-refractivity contribution in [1.29, 1.82) is 0 Å². The quantitative estimate of drug-likeness (QED) is 0.187. The molecule has 0 N–H and O–H groups in total. The molecule has 4 aromatic heterocycles. The molecule has 0 spiro atoms. The molecule has 1 fully saturated rings. The first kappa shape index (κ1) is 27.5. The van der Waals surface area contributed by atoms with E-state index >= 15 is 0 Å². The summed E-state index contributed by atoms with van der Waals surface area (Å²) >= 11 is 0. The molecule has 9 nitrogen and oxygen atoms in total. The van der Waals surface area contributed by atoms with Crippen LogP contribution in [0.4, 0.5) is 8.78 Å². The number of aromatic nitrogens is 7. The second-order valence-electron chi connectivity index (χ2n) is 10.5. The van der Waals surface area contributed by atoms with E-state index in [-0.39, 0.29) is 5.69 Å². The zero-order chi connectivity index (χ0) is 29.5. The summed E-state index contributed by atoms with van der Waals surface area (Å²) in [5.41, 5.74) is 5.58. The van der Waals surface area contributed by atoms with Gasteiger partial charge in [0.1, 0.15) is 5.69 Å². The molecule has 1 aliphatic rings. The molecular formula is C31H32F2N8O. The number of hydrogen-bond acceptors (Lipinski definition) is 6. The van der Waals surface area contributed by atoms with Crippen molar-refractivity contribution in [1.82, 2.24) is 34.3 Å². The molecule has 4 heterocycles. The Kier molecular flexibility index (Phi) is 7.17. The summed E-state index contributed by atoms with van der Waals surface area (Å²) < 4.78 is 37.4. The molecule has 11 heteroatoms. The number of nitrogens with zero attached hydrogens (tertiary/aromatic N) is 8. The number of halogens is 2. The first-order valence-corrected chi connectivity index (χ1v) is 14.0. The largest absolute Gasteiger partial charge is 0.477 e. The molecule has 1 aromatic carbocycles. The van der Waals surface area contributed by atoms with Crippen LogP contribution in [0.15, 0.2) is 65.4 Å². The molecule has 1 saturated carbocycles. The number of pyridine rings is 1. The van der Waals surface area contributed by atoms with Crippen LogP contribution in [0.1, 0.15) is 56.9 Å². The number of rotatable bonds is 9. The minimum absolute atomic E-state index is 0.167. The number of ether oxygens (including phenoxy) is 1. The van der Waals surface area contributed by atoms with Gasteiger partial charge in [0.2, 0.25) is 5.88 Å². The Balaban J connectivity index is 1.54. The highest BCUT2D eigenvalue weighted by Gasteiger charge is 2.28. The third-order valence-electron chi connectivity index (χ3n) is 7.42. The summed E-state index contributed by atoms with van der Waals surface area (Å²) in [5, 5.41) is 15.1. The standard InChI is InChI=1S/C31H32F2N8O/c1-6-9-24(22-14-20-16-39(4)38-30(20)35-31(22)42-7-2)34-28(18(3)19-12-13-19)21-10-8-11-25-23(21)17-41(36-25)27-15-26(29(32)33)40(5)37-27/h6,8-11,14-17,19,29H,7,12-13H2,1-5H3/b9-6+,28-18+,34-24+. The molecule has 5 aromatic rings. The first-order chi connectivity index (χ1) is 20.3. The highest BCUT2D eigenvalue weighted by Crippen LogP contribution is 2.42. The Bertz CT molecular complexity index is 1890. The van der Waals surface area contributed by atoms with Gasteiger partial charge in [-0.3, -0.25) is 9.36 Å². The van der Waals surface area contributed by atoms with Gasteiger partial charge in [0.15, 0.2) is 11.5 Å². The molecule has 1 aliphatic carbocycles. The van der Waals surface area contributed by atoms with Crippen molar-refractivity contribution in [3.63, 3.8) is 0 Å². The Morgan fingerprint density at radius 3 is 2.62 bits per heavy atom. The van der Waals surface area contributed by atoms with E-state index in [2.05, 4.69) is 22.2 Å². The number of allylic oxidation sites excluding steroid dienone is 3. The van der Waals surface area contributed by atoms with Crippen LogP contribution < -0.4 is 4.74 Å². The van der Waals surface area contributed by atoms with Crippen LogP contribution in [0, 0.1) is 5.92 Å². The molecule has 216 valence electrons. The average molecular weight is 571 g/mol. The molecule has 0 bridgehead atoms. The minimum Gasteiger partial charge on any atom is -0.477 e. The third-order valence-corrected chi connectivity index (χ3v) is 7.42. The Morgan fingerprint density at radius 1 is 1.12 bits per heavy atom. The fourth-order valence-electron chi connectivity index (χ4n) is 5.17. The molecule has 6 rings (SSSR count). The second-order valence-corrected chi connectivity index (χ2v) is 10.5. The van der Waals surface area contributed by atoms with Crippen LogP contribution in [-0.2, 0) is 14.1 Å². The molecule has 0 saturated heterocycles. The van der Waals surface area contributed by atoms with Crippen molar-refractivity contribution in [2.75, 3.05) is 6.61 Å². The predicted octanol–water partition coefficient (Wildman–Crippen LogP) is 6.58. The van der Waals surface area contributed by atoms with Gasteiger partial charge >= 0.3 is 0 Å². The maximum atomic E-state index is 13.5. The molecular weight excluding hydrogens is 538 g/mol. The summed E-state index contributed by atoms with van der Waals surface area (Å²) in [6.07, 6.45) is 7.26. The lowest BCUT2D eigenvalue weighted by Gasteiger charge is -2.13. The van der Waals surface area contributed by atoms with Crippen molar-refractivity contribution < 1.29 is 13.5 Å². The van der Waals surface area contributed by atoms with Crippen molar-refractivity contribution in [2.24, 2.45) is 25.0 Å². The first-order valence-electron chi connectivity index (χ1n) is 14.0.